The lowest BCUT2D eigenvalue weighted by Crippen LogP contribution is -2.14. The molecular weight excluding hydrogens is 447 g/mol. The van der Waals surface area contributed by atoms with Gasteiger partial charge in [-0.1, -0.05) is 17.7 Å². The highest BCUT2D eigenvalue weighted by Crippen LogP contribution is 2.30. The van der Waals surface area contributed by atoms with Gasteiger partial charge in [0, 0.05) is 11.4 Å². The quantitative estimate of drug-likeness (QED) is 0.483. The Kier molecular flexibility index (Phi) is 6.55. The van der Waals surface area contributed by atoms with E-state index >= 15 is 0 Å². The van der Waals surface area contributed by atoms with Crippen molar-refractivity contribution in [3.63, 3.8) is 0 Å². The lowest BCUT2D eigenvalue weighted by Gasteiger charge is -2.12. The predicted octanol–water partition coefficient (Wildman–Crippen LogP) is 3.61. The van der Waals surface area contributed by atoms with E-state index in [1.54, 1.807) is 25.1 Å². The predicted molar refractivity (Wildman–Crippen MR) is 114 cm³/mol. The summed E-state index contributed by atoms with van der Waals surface area (Å²) in [4.78, 5) is 7.88. The van der Waals surface area contributed by atoms with Crippen LogP contribution in [0.3, 0.4) is 0 Å². The van der Waals surface area contributed by atoms with Crippen LogP contribution in [0.5, 0.6) is 5.75 Å². The molecule has 4 N–H and O–H groups in total. The van der Waals surface area contributed by atoms with E-state index in [2.05, 4.69) is 20.6 Å². The van der Waals surface area contributed by atoms with Gasteiger partial charge in [-0.05, 0) is 42.8 Å². The van der Waals surface area contributed by atoms with E-state index in [9.17, 15) is 12.8 Å². The molecule has 0 unspecified atom stereocenters. The maximum absolute atomic E-state index is 14.2. The lowest BCUT2D eigenvalue weighted by molar-refractivity contribution is 0.368. The molecular formula is C19H16ClFN6O3S. The molecule has 2 aromatic carbocycles. The van der Waals surface area contributed by atoms with Gasteiger partial charge in [0.1, 0.15) is 11.8 Å². The Morgan fingerprint density at radius 1 is 1.23 bits per heavy atom. The number of rotatable bonds is 7. The molecule has 0 radical (unpaired) electrons. The number of primary sulfonamides is 1. The van der Waals surface area contributed by atoms with E-state index < -0.39 is 15.8 Å². The Balaban J connectivity index is 1.83. The summed E-state index contributed by atoms with van der Waals surface area (Å²) in [7, 11) is -3.91. The highest BCUT2D eigenvalue weighted by Gasteiger charge is 2.14. The Morgan fingerprint density at radius 3 is 2.61 bits per heavy atom. The first kappa shape index (κ1) is 22.2. The van der Waals surface area contributed by atoms with E-state index in [0.717, 1.165) is 6.20 Å². The number of hydrogen-bond acceptors (Lipinski definition) is 8. The van der Waals surface area contributed by atoms with E-state index in [4.69, 9.17) is 26.7 Å². The summed E-state index contributed by atoms with van der Waals surface area (Å²) in [5.74, 6) is -0.531. The van der Waals surface area contributed by atoms with Crippen molar-refractivity contribution in [2.45, 2.75) is 11.8 Å². The van der Waals surface area contributed by atoms with Crippen molar-refractivity contribution in [2.75, 3.05) is 17.2 Å². The molecule has 0 amide bonds. The molecule has 12 heteroatoms. The van der Waals surface area contributed by atoms with Gasteiger partial charge < -0.3 is 15.4 Å². The average Bonchev–Trinajstić information content (AvgIpc) is 2.70. The van der Waals surface area contributed by atoms with Crippen LogP contribution in [0.25, 0.3) is 0 Å². The topological polar surface area (TPSA) is 143 Å². The lowest BCUT2D eigenvalue weighted by atomic mass is 10.2. The second kappa shape index (κ2) is 9.13. The zero-order valence-corrected chi connectivity index (χ0v) is 17.6. The molecule has 0 saturated carbocycles. The first-order chi connectivity index (χ1) is 14.7. The molecule has 0 aliphatic heterocycles. The van der Waals surface area contributed by atoms with Crippen molar-refractivity contribution in [1.29, 1.82) is 5.26 Å². The van der Waals surface area contributed by atoms with Gasteiger partial charge in [0.25, 0.3) is 0 Å². The normalized spacial score (nSPS) is 10.9. The van der Waals surface area contributed by atoms with Gasteiger partial charge in [0.2, 0.25) is 16.0 Å². The zero-order valence-electron chi connectivity index (χ0n) is 16.1. The summed E-state index contributed by atoms with van der Waals surface area (Å²) in [6.45, 7) is 1.45. The molecule has 1 heterocycles. The minimum Gasteiger partial charge on any atom is -0.477 e. The van der Waals surface area contributed by atoms with Crippen LogP contribution in [-0.4, -0.2) is 25.0 Å². The molecule has 0 aliphatic rings. The molecule has 160 valence electrons. The van der Waals surface area contributed by atoms with Gasteiger partial charge in [-0.15, -0.1) is 0 Å². The number of anilines is 4. The van der Waals surface area contributed by atoms with Gasteiger partial charge in [-0.3, -0.25) is 0 Å². The summed E-state index contributed by atoms with van der Waals surface area (Å²) < 4.78 is 42.8. The fourth-order valence-electron chi connectivity index (χ4n) is 2.57. The molecule has 0 atom stereocenters. The summed E-state index contributed by atoms with van der Waals surface area (Å²) in [5, 5.41) is 19.6. The number of sulfonamides is 1. The monoisotopic (exact) mass is 462 g/mol. The van der Waals surface area contributed by atoms with Gasteiger partial charge in [0.15, 0.2) is 18.2 Å². The van der Waals surface area contributed by atoms with E-state index in [-0.39, 0.29) is 28.3 Å². The van der Waals surface area contributed by atoms with Crippen molar-refractivity contribution < 1.29 is 17.5 Å². The first-order valence-electron chi connectivity index (χ1n) is 8.66. The largest absolute Gasteiger partial charge is 0.477 e. The van der Waals surface area contributed by atoms with Gasteiger partial charge in [0.05, 0.1) is 16.1 Å². The van der Waals surface area contributed by atoms with E-state index in [0.29, 0.717) is 22.7 Å². The maximum atomic E-state index is 14.2. The molecule has 31 heavy (non-hydrogen) atoms. The van der Waals surface area contributed by atoms with Crippen LogP contribution in [0.2, 0.25) is 5.02 Å². The molecule has 0 fully saturated rings. The number of aromatic nitrogens is 2. The zero-order chi connectivity index (χ0) is 22.6. The first-order valence-corrected chi connectivity index (χ1v) is 10.6. The second-order valence-electron chi connectivity index (χ2n) is 6.26. The molecule has 0 spiro atoms. The van der Waals surface area contributed by atoms with E-state index in [1.807, 2.05) is 6.07 Å². The highest BCUT2D eigenvalue weighted by molar-refractivity contribution is 7.89. The Bertz CT molecular complexity index is 1280. The number of halogens is 2. The van der Waals surface area contributed by atoms with E-state index in [1.165, 1.54) is 18.2 Å². The summed E-state index contributed by atoms with van der Waals surface area (Å²) in [5.41, 5.74) is 1.26. The van der Waals surface area contributed by atoms with Crippen LogP contribution in [0, 0.1) is 24.1 Å². The number of benzene rings is 2. The standard InChI is InChI=1S/C19H16ClFN6O3S/c1-11-2-3-13(9-17(11)31(23,28)29)26-19-24-10-15(21)18(27-19)25-12-4-5-16(14(20)8-12)30-7-6-22/h2-5,8-10H,7H2,1H3,(H2,23,28,29)(H2,24,25,26,27). The van der Waals surface area contributed by atoms with Crippen LogP contribution >= 0.6 is 11.6 Å². The molecule has 3 rings (SSSR count). The van der Waals surface area contributed by atoms with Crippen LogP contribution < -0.4 is 20.5 Å². The molecule has 1 aromatic heterocycles. The van der Waals surface area contributed by atoms with Crippen molar-refractivity contribution in [2.24, 2.45) is 5.14 Å². The van der Waals surface area contributed by atoms with Gasteiger partial charge >= 0.3 is 0 Å². The number of nitriles is 1. The minimum atomic E-state index is -3.91. The minimum absolute atomic E-state index is 0.0215. The Labute approximate surface area is 182 Å². The smallest absolute Gasteiger partial charge is 0.238 e. The number of nitrogens with zero attached hydrogens (tertiary/aromatic N) is 3. The van der Waals surface area contributed by atoms with Crippen molar-refractivity contribution in [3.05, 3.63) is 59.0 Å². The van der Waals surface area contributed by atoms with Crippen LogP contribution in [-0.2, 0) is 10.0 Å². The maximum Gasteiger partial charge on any atom is 0.238 e. The third-order valence-corrected chi connectivity index (χ3v) is 5.33. The fraction of sp³-hybridized carbons (Fsp3) is 0.105. The number of ether oxygens (including phenoxy) is 1. The Hall–Kier alpha value is -3.46. The fourth-order valence-corrected chi connectivity index (χ4v) is 3.61. The number of hydrogen-bond donors (Lipinski definition) is 3. The summed E-state index contributed by atoms with van der Waals surface area (Å²) >= 11 is 6.10. The third-order valence-electron chi connectivity index (χ3n) is 3.98. The van der Waals surface area contributed by atoms with Gasteiger partial charge in [-0.2, -0.15) is 10.2 Å². The summed E-state index contributed by atoms with van der Waals surface area (Å²) in [6, 6.07) is 11.0. The van der Waals surface area contributed by atoms with Crippen LogP contribution in [0.1, 0.15) is 5.56 Å². The van der Waals surface area contributed by atoms with Crippen molar-refractivity contribution in [1.82, 2.24) is 9.97 Å². The Morgan fingerprint density at radius 2 is 1.94 bits per heavy atom. The van der Waals surface area contributed by atoms with Crippen LogP contribution in [0.4, 0.5) is 27.5 Å². The molecule has 9 nitrogen and oxygen atoms in total. The number of nitrogens with one attached hydrogen (secondary N) is 2. The molecule has 0 saturated heterocycles. The highest BCUT2D eigenvalue weighted by atomic mass is 35.5. The van der Waals surface area contributed by atoms with Crippen LogP contribution in [0.15, 0.2) is 47.5 Å². The summed E-state index contributed by atoms with van der Waals surface area (Å²) in [6.07, 6.45) is 0.957. The number of aryl methyl sites for hydroxylation is 1. The molecule has 3 aromatic rings. The second-order valence-corrected chi connectivity index (χ2v) is 8.19. The van der Waals surface area contributed by atoms with Gasteiger partial charge in [-0.25, -0.2) is 22.9 Å². The van der Waals surface area contributed by atoms with Crippen molar-refractivity contribution in [3.8, 4) is 11.8 Å². The SMILES string of the molecule is Cc1ccc(Nc2ncc(F)c(Nc3ccc(OCC#N)c(Cl)c3)n2)cc1S(N)(=O)=O. The molecule has 0 bridgehead atoms. The third kappa shape index (κ3) is 5.58. The average molecular weight is 463 g/mol. The molecule has 0 aliphatic carbocycles. The number of nitrogens with two attached hydrogens (primary N) is 1. The van der Waals surface area contributed by atoms with Crippen molar-refractivity contribution >= 4 is 44.8 Å².